The molecule has 5 aliphatic rings. The van der Waals surface area contributed by atoms with Crippen molar-refractivity contribution in [2.45, 2.75) is 164 Å². The Morgan fingerprint density at radius 1 is 0.837 bits per heavy atom. The molecule has 5 fully saturated rings. The van der Waals surface area contributed by atoms with Gasteiger partial charge in [-0.3, -0.25) is 14.4 Å². The molecular weight excluding hydrogens is 614 g/mol. The van der Waals surface area contributed by atoms with E-state index in [1.807, 2.05) is 13.8 Å². The SMILES string of the molecule is C=C(C)[C@@H]1CC[C@]2(CC(=O)NCC(C)(C)O)CC[C@]3(C)[C@H](CC[C@@H]4[C@@]5(C)CC[C@H](OC(=O)CC(C)(C)CC(=O)O)C(C)(C)[C@@H]5CC[C@]43C)[C@@H]12. The van der Waals surface area contributed by atoms with Crippen LogP contribution in [0.15, 0.2) is 12.2 Å². The van der Waals surface area contributed by atoms with E-state index in [0.29, 0.717) is 36.0 Å². The van der Waals surface area contributed by atoms with Gasteiger partial charge in [-0.25, -0.2) is 0 Å². The first kappa shape index (κ1) is 38.3. The van der Waals surface area contributed by atoms with Gasteiger partial charge in [0.1, 0.15) is 6.10 Å². The van der Waals surface area contributed by atoms with Crippen molar-refractivity contribution in [3.05, 3.63) is 12.2 Å². The Labute approximate surface area is 297 Å². The fourth-order valence-electron chi connectivity index (χ4n) is 13.5. The Morgan fingerprint density at radius 2 is 1.51 bits per heavy atom. The van der Waals surface area contributed by atoms with E-state index in [1.165, 1.54) is 24.8 Å². The number of aliphatic carboxylic acids is 1. The van der Waals surface area contributed by atoms with Crippen molar-refractivity contribution in [2.24, 2.45) is 62.1 Å². The molecule has 7 nitrogen and oxygen atoms in total. The van der Waals surface area contributed by atoms with Gasteiger partial charge >= 0.3 is 11.9 Å². The topological polar surface area (TPSA) is 113 Å². The predicted molar refractivity (Wildman–Crippen MR) is 193 cm³/mol. The molecule has 0 spiro atoms. The van der Waals surface area contributed by atoms with Crippen LogP contribution in [0.2, 0.25) is 0 Å². The molecule has 0 radical (unpaired) electrons. The Kier molecular flexibility index (Phi) is 9.90. The van der Waals surface area contributed by atoms with Crippen LogP contribution < -0.4 is 5.32 Å². The van der Waals surface area contributed by atoms with Crippen molar-refractivity contribution in [1.29, 1.82) is 0 Å². The zero-order valence-corrected chi connectivity index (χ0v) is 32.6. The van der Waals surface area contributed by atoms with Gasteiger partial charge in [0.15, 0.2) is 0 Å². The quantitative estimate of drug-likeness (QED) is 0.157. The standard InChI is InChI=1S/C42H69NO6/c1-26(2)27-14-19-42(22-32(44)43-25-37(5,6)48)21-20-40(10)28(35(27)42)12-13-30-39(9)17-16-31(38(7,8)29(39)15-18-41(30,40)11)49-34(47)24-36(3,4)23-33(45)46/h27-31,35,48H,1,12-25H2,2-11H3,(H,43,44)(H,45,46)/t27-,28+,29-,30+,31-,35+,39-,40+,41+,42+/m0/s1. The second kappa shape index (κ2) is 12.7. The van der Waals surface area contributed by atoms with Gasteiger partial charge in [0.2, 0.25) is 5.91 Å². The van der Waals surface area contributed by atoms with E-state index in [1.54, 1.807) is 13.8 Å². The van der Waals surface area contributed by atoms with Crippen LogP contribution in [0.5, 0.6) is 0 Å². The molecule has 0 aromatic heterocycles. The van der Waals surface area contributed by atoms with Crippen LogP contribution >= 0.6 is 0 Å². The summed E-state index contributed by atoms with van der Waals surface area (Å²) in [5, 5.41) is 22.7. The van der Waals surface area contributed by atoms with Crippen LogP contribution in [-0.4, -0.2) is 46.3 Å². The molecular formula is C42H69NO6. The van der Waals surface area contributed by atoms with Crippen molar-refractivity contribution in [3.63, 3.8) is 0 Å². The highest BCUT2D eigenvalue weighted by Gasteiger charge is 2.71. The number of hydrogen-bond donors (Lipinski definition) is 3. The second-order valence-corrected chi connectivity index (χ2v) is 20.6. The van der Waals surface area contributed by atoms with Crippen LogP contribution in [0.1, 0.15) is 153 Å². The predicted octanol–water partition coefficient (Wildman–Crippen LogP) is 8.72. The smallest absolute Gasteiger partial charge is 0.306 e. The van der Waals surface area contributed by atoms with Gasteiger partial charge in [-0.1, -0.05) is 60.6 Å². The highest BCUT2D eigenvalue weighted by Crippen LogP contribution is 2.78. The zero-order valence-electron chi connectivity index (χ0n) is 32.6. The maximum atomic E-state index is 13.5. The minimum absolute atomic E-state index is 0.00919. The maximum absolute atomic E-state index is 13.5. The number of carboxylic acids is 1. The number of hydrogen-bond acceptors (Lipinski definition) is 5. The number of amides is 1. The summed E-state index contributed by atoms with van der Waals surface area (Å²) >= 11 is 0. The maximum Gasteiger partial charge on any atom is 0.306 e. The van der Waals surface area contributed by atoms with Crippen molar-refractivity contribution in [3.8, 4) is 0 Å². The first-order chi connectivity index (χ1) is 22.4. The monoisotopic (exact) mass is 684 g/mol. The summed E-state index contributed by atoms with van der Waals surface area (Å²) in [4.78, 5) is 38.0. The average molecular weight is 684 g/mol. The lowest BCUT2D eigenvalue weighted by Gasteiger charge is -2.73. The molecule has 1 amide bonds. The van der Waals surface area contributed by atoms with Gasteiger partial charge < -0.3 is 20.3 Å². The molecule has 7 heteroatoms. The summed E-state index contributed by atoms with van der Waals surface area (Å²) in [7, 11) is 0. The molecule has 5 saturated carbocycles. The molecule has 0 bridgehead atoms. The normalized spacial score (nSPS) is 41.4. The van der Waals surface area contributed by atoms with Gasteiger partial charge in [0.05, 0.1) is 18.4 Å². The first-order valence-electron chi connectivity index (χ1n) is 19.5. The molecule has 3 N–H and O–H groups in total. The van der Waals surface area contributed by atoms with E-state index in [0.717, 1.165) is 44.9 Å². The van der Waals surface area contributed by atoms with Crippen LogP contribution in [0.3, 0.4) is 0 Å². The third-order valence-electron chi connectivity index (χ3n) is 15.9. The number of carboxylic acid groups (broad SMARTS) is 1. The summed E-state index contributed by atoms with van der Waals surface area (Å²) in [6.07, 6.45) is 11.5. The molecule has 278 valence electrons. The van der Waals surface area contributed by atoms with Crippen LogP contribution in [-0.2, 0) is 19.1 Å². The third-order valence-corrected chi connectivity index (χ3v) is 15.9. The zero-order chi connectivity index (χ0) is 36.6. The number of esters is 1. The van der Waals surface area contributed by atoms with Crippen LogP contribution in [0.4, 0.5) is 0 Å². The van der Waals surface area contributed by atoms with Crippen molar-refractivity contribution in [2.75, 3.05) is 6.54 Å². The average Bonchev–Trinajstić information content (AvgIpc) is 3.32. The Balaban J connectivity index is 1.38. The molecule has 49 heavy (non-hydrogen) atoms. The molecule has 0 aliphatic heterocycles. The lowest BCUT2D eigenvalue weighted by Crippen LogP contribution is -2.67. The van der Waals surface area contributed by atoms with Gasteiger partial charge in [-0.15, -0.1) is 0 Å². The molecule has 5 rings (SSSR count). The largest absolute Gasteiger partial charge is 0.481 e. The van der Waals surface area contributed by atoms with E-state index < -0.39 is 17.0 Å². The number of rotatable bonds is 10. The highest BCUT2D eigenvalue weighted by atomic mass is 16.5. The third kappa shape index (κ3) is 6.65. The Hall–Kier alpha value is -1.89. The number of fused-ring (bicyclic) bond motifs is 7. The van der Waals surface area contributed by atoms with E-state index in [2.05, 4.69) is 53.4 Å². The van der Waals surface area contributed by atoms with E-state index in [4.69, 9.17) is 4.74 Å². The molecule has 5 aliphatic carbocycles. The fourth-order valence-corrected chi connectivity index (χ4v) is 13.5. The number of ether oxygens (including phenoxy) is 1. The van der Waals surface area contributed by atoms with E-state index in [-0.39, 0.29) is 64.4 Å². The molecule has 0 heterocycles. The Bertz CT molecular complexity index is 1330. The van der Waals surface area contributed by atoms with Gasteiger partial charge in [-0.2, -0.15) is 0 Å². The van der Waals surface area contributed by atoms with Crippen LogP contribution in [0.25, 0.3) is 0 Å². The fraction of sp³-hybridized carbons (Fsp3) is 0.881. The molecule has 0 aromatic rings. The molecule has 0 saturated heterocycles. The summed E-state index contributed by atoms with van der Waals surface area (Å²) in [6, 6.07) is 0. The van der Waals surface area contributed by atoms with Crippen molar-refractivity contribution >= 4 is 17.8 Å². The number of carbonyl (C=O) groups excluding carboxylic acids is 2. The molecule has 0 aromatic carbocycles. The number of allylic oxidation sites excluding steroid dienone is 1. The lowest BCUT2D eigenvalue weighted by molar-refractivity contribution is -0.250. The molecule has 10 atom stereocenters. The number of carbonyl (C=O) groups is 3. The van der Waals surface area contributed by atoms with Gasteiger partial charge in [0, 0.05) is 18.4 Å². The van der Waals surface area contributed by atoms with Crippen molar-refractivity contribution < 1.29 is 29.3 Å². The van der Waals surface area contributed by atoms with Crippen molar-refractivity contribution in [1.82, 2.24) is 5.32 Å². The second-order valence-electron chi connectivity index (χ2n) is 20.6. The highest BCUT2D eigenvalue weighted by molar-refractivity contribution is 5.77. The summed E-state index contributed by atoms with van der Waals surface area (Å²) in [5.41, 5.74) is 0.0172. The summed E-state index contributed by atoms with van der Waals surface area (Å²) < 4.78 is 6.26. The minimum atomic E-state index is -0.927. The molecule has 0 unspecified atom stereocenters. The number of nitrogens with one attached hydrogen (secondary N) is 1. The van der Waals surface area contributed by atoms with E-state index in [9.17, 15) is 24.6 Å². The summed E-state index contributed by atoms with van der Waals surface area (Å²) in [5.74, 6) is 1.39. The van der Waals surface area contributed by atoms with Gasteiger partial charge in [-0.05, 0) is 142 Å². The summed E-state index contributed by atoms with van der Waals surface area (Å²) in [6.45, 7) is 26.6. The minimum Gasteiger partial charge on any atom is -0.481 e. The number of aliphatic hydroxyl groups is 1. The van der Waals surface area contributed by atoms with E-state index >= 15 is 0 Å². The van der Waals surface area contributed by atoms with Crippen LogP contribution in [0, 0.1) is 62.1 Å². The lowest BCUT2D eigenvalue weighted by atomic mass is 9.32. The first-order valence-corrected chi connectivity index (χ1v) is 19.5. The Morgan fingerprint density at radius 3 is 2.12 bits per heavy atom. The van der Waals surface area contributed by atoms with Gasteiger partial charge in [0.25, 0.3) is 0 Å².